The highest BCUT2D eigenvalue weighted by atomic mass is 35.5. The third-order valence-corrected chi connectivity index (χ3v) is 4.53. The Kier molecular flexibility index (Phi) is 7.35. The van der Waals surface area contributed by atoms with Crippen LogP contribution in [0.1, 0.15) is 19.4 Å². The van der Waals surface area contributed by atoms with Crippen molar-refractivity contribution in [2.24, 2.45) is 5.10 Å². The summed E-state index contributed by atoms with van der Waals surface area (Å²) in [5.41, 5.74) is 1.72. The van der Waals surface area contributed by atoms with E-state index in [1.165, 1.54) is 12.3 Å². The van der Waals surface area contributed by atoms with E-state index in [1.54, 1.807) is 26.0 Å². The van der Waals surface area contributed by atoms with Gasteiger partial charge in [-0.2, -0.15) is 5.10 Å². The van der Waals surface area contributed by atoms with E-state index in [2.05, 4.69) is 10.5 Å². The monoisotopic (exact) mass is 352 g/mol. The van der Waals surface area contributed by atoms with Gasteiger partial charge < -0.3 is 9.05 Å². The summed E-state index contributed by atoms with van der Waals surface area (Å²) in [5, 5.41) is 4.54. The highest BCUT2D eigenvalue weighted by Crippen LogP contribution is 2.48. The molecule has 0 fully saturated rings. The zero-order chi connectivity index (χ0) is 15.9. The summed E-state index contributed by atoms with van der Waals surface area (Å²) in [7, 11) is -3.87. The van der Waals surface area contributed by atoms with Gasteiger partial charge in [-0.1, -0.05) is 29.3 Å². The fourth-order valence-corrected chi connectivity index (χ4v) is 2.95. The molecule has 0 aliphatic carbocycles. The van der Waals surface area contributed by atoms with Crippen molar-refractivity contribution in [3.05, 3.63) is 33.8 Å². The minimum atomic E-state index is -3.87. The Balaban J connectivity index is 2.74. The van der Waals surface area contributed by atoms with Crippen LogP contribution in [0.25, 0.3) is 0 Å². The fourth-order valence-electron chi connectivity index (χ4n) is 1.32. The van der Waals surface area contributed by atoms with Crippen molar-refractivity contribution in [1.82, 2.24) is 5.43 Å². The molecule has 6 nitrogen and oxygen atoms in total. The molecule has 0 heterocycles. The van der Waals surface area contributed by atoms with Crippen LogP contribution < -0.4 is 5.43 Å². The maximum absolute atomic E-state index is 12.1. The molecule has 1 aromatic rings. The van der Waals surface area contributed by atoms with E-state index in [0.29, 0.717) is 15.6 Å². The van der Waals surface area contributed by atoms with Gasteiger partial charge in [-0.05, 0) is 26.0 Å². The summed E-state index contributed by atoms with van der Waals surface area (Å²) < 4.78 is 21.8. The van der Waals surface area contributed by atoms with Gasteiger partial charge >= 0.3 is 13.2 Å². The van der Waals surface area contributed by atoms with E-state index in [0.717, 1.165) is 0 Å². The van der Waals surface area contributed by atoms with Gasteiger partial charge in [-0.3, -0.25) is 4.79 Å². The maximum Gasteiger partial charge on any atom is 0.420 e. The van der Waals surface area contributed by atoms with Crippen molar-refractivity contribution < 1.29 is 18.4 Å². The Morgan fingerprint density at radius 1 is 1.33 bits per heavy atom. The first-order chi connectivity index (χ1) is 9.92. The van der Waals surface area contributed by atoms with Gasteiger partial charge in [0.1, 0.15) is 0 Å². The van der Waals surface area contributed by atoms with Crippen LogP contribution in [0.2, 0.25) is 10.0 Å². The van der Waals surface area contributed by atoms with E-state index in [-0.39, 0.29) is 13.2 Å². The molecule has 1 aromatic carbocycles. The lowest BCUT2D eigenvalue weighted by Gasteiger charge is -2.14. The van der Waals surface area contributed by atoms with E-state index in [1.807, 2.05) is 0 Å². The first kappa shape index (κ1) is 18.1. The summed E-state index contributed by atoms with van der Waals surface area (Å²) in [4.78, 5) is 11.8. The van der Waals surface area contributed by atoms with Crippen LogP contribution in [0.15, 0.2) is 23.3 Å². The van der Waals surface area contributed by atoms with Crippen molar-refractivity contribution in [1.29, 1.82) is 0 Å². The molecule has 1 amide bonds. The normalized spacial score (nSPS) is 11.8. The Morgan fingerprint density at radius 3 is 2.48 bits per heavy atom. The van der Waals surface area contributed by atoms with Crippen molar-refractivity contribution in [2.45, 2.75) is 13.8 Å². The number of rotatable bonds is 7. The third kappa shape index (κ3) is 5.41. The number of hydrogen-bond donors (Lipinski definition) is 1. The topological polar surface area (TPSA) is 77.0 Å². The summed E-state index contributed by atoms with van der Waals surface area (Å²) in [6, 6.07) is 4.80. The highest BCUT2D eigenvalue weighted by molar-refractivity contribution is 7.71. The van der Waals surface area contributed by atoms with Gasteiger partial charge in [0.05, 0.1) is 24.5 Å². The van der Waals surface area contributed by atoms with Crippen molar-refractivity contribution >= 4 is 42.7 Å². The molecule has 0 radical (unpaired) electrons. The average Bonchev–Trinajstić information content (AvgIpc) is 2.41. The smallest absolute Gasteiger partial charge is 0.302 e. The highest BCUT2D eigenvalue weighted by Gasteiger charge is 2.34. The Labute approximate surface area is 132 Å². The molecule has 21 heavy (non-hydrogen) atoms. The zero-order valence-corrected chi connectivity index (χ0v) is 13.9. The molecular formula is C12H15Cl2N2O4P. The van der Waals surface area contributed by atoms with Crippen LogP contribution in [-0.2, 0) is 13.6 Å². The van der Waals surface area contributed by atoms with Gasteiger partial charge in [0.15, 0.2) is 0 Å². The molecule has 1 rings (SSSR count). The molecule has 0 saturated heterocycles. The van der Waals surface area contributed by atoms with Crippen LogP contribution in [0.5, 0.6) is 0 Å². The molecule has 1 N–H and O–H groups in total. The number of hydrogen-bond acceptors (Lipinski definition) is 5. The minimum absolute atomic E-state index is 0.0808. The maximum atomic E-state index is 12.1. The Morgan fingerprint density at radius 2 is 1.95 bits per heavy atom. The van der Waals surface area contributed by atoms with Crippen LogP contribution in [0.3, 0.4) is 0 Å². The quantitative estimate of drug-likeness (QED) is 0.450. The first-order valence-electron chi connectivity index (χ1n) is 6.10. The van der Waals surface area contributed by atoms with E-state index in [4.69, 9.17) is 32.2 Å². The van der Waals surface area contributed by atoms with Crippen LogP contribution in [0.4, 0.5) is 4.79 Å². The number of carbonyl (C=O) groups is 1. The number of benzene rings is 1. The molecule has 0 spiro atoms. The van der Waals surface area contributed by atoms with Crippen LogP contribution in [0, 0.1) is 0 Å². The number of nitrogens with zero attached hydrogens (tertiary/aromatic N) is 1. The number of amides is 1. The number of halogens is 2. The second-order valence-corrected chi connectivity index (χ2v) is 6.44. The minimum Gasteiger partial charge on any atom is -0.302 e. The largest absolute Gasteiger partial charge is 0.420 e. The third-order valence-electron chi connectivity index (χ3n) is 2.17. The molecule has 9 heteroatoms. The SMILES string of the molecule is CCOP(=O)(OCC)C(=O)N/N=C\c1ccc(Cl)cc1Cl. The second-order valence-electron chi connectivity index (χ2n) is 3.67. The molecule has 0 bridgehead atoms. The van der Waals surface area contributed by atoms with Gasteiger partial charge in [-0.15, -0.1) is 0 Å². The predicted molar refractivity (Wildman–Crippen MR) is 83.4 cm³/mol. The summed E-state index contributed by atoms with van der Waals surface area (Å²) in [6.45, 7) is 3.38. The molecule has 0 saturated carbocycles. The lowest BCUT2D eigenvalue weighted by Crippen LogP contribution is -2.18. The van der Waals surface area contributed by atoms with Gasteiger partial charge in [0.25, 0.3) is 0 Å². The number of nitrogens with one attached hydrogen (secondary N) is 1. The van der Waals surface area contributed by atoms with Crippen molar-refractivity contribution in [3.8, 4) is 0 Å². The Hall–Kier alpha value is -0.910. The lowest BCUT2D eigenvalue weighted by atomic mass is 10.2. The summed E-state index contributed by atoms with van der Waals surface area (Å²) in [5.74, 6) is 0. The van der Waals surface area contributed by atoms with Gasteiger partial charge in [0.2, 0.25) is 0 Å². The average molecular weight is 353 g/mol. The molecule has 0 atom stereocenters. The number of hydrazone groups is 1. The van der Waals surface area contributed by atoms with Crippen molar-refractivity contribution in [2.75, 3.05) is 13.2 Å². The summed E-state index contributed by atoms with van der Waals surface area (Å²) in [6.07, 6.45) is 1.30. The van der Waals surface area contributed by atoms with Crippen molar-refractivity contribution in [3.63, 3.8) is 0 Å². The second kappa shape index (κ2) is 8.51. The molecule has 0 aromatic heterocycles. The standard InChI is InChI=1S/C12H15Cl2N2O4P/c1-3-19-21(18,20-4-2)12(17)16-15-8-9-5-6-10(13)7-11(9)14/h5-8H,3-4H2,1-2H3,(H,16,17)/b15-8-. The predicted octanol–water partition coefficient (Wildman–Crippen LogP) is 4.30. The molecule has 0 unspecified atom stereocenters. The van der Waals surface area contributed by atoms with Gasteiger partial charge in [0, 0.05) is 10.6 Å². The first-order valence-corrected chi connectivity index (χ1v) is 8.40. The van der Waals surface area contributed by atoms with E-state index >= 15 is 0 Å². The van der Waals surface area contributed by atoms with E-state index in [9.17, 15) is 9.36 Å². The molecule has 116 valence electrons. The van der Waals surface area contributed by atoms with Gasteiger partial charge in [-0.25, -0.2) is 9.99 Å². The van der Waals surface area contributed by atoms with Crippen LogP contribution in [-0.4, -0.2) is 25.1 Å². The Bertz CT molecular complexity index is 570. The molecule has 0 aliphatic heterocycles. The zero-order valence-electron chi connectivity index (χ0n) is 11.5. The summed E-state index contributed by atoms with van der Waals surface area (Å²) >= 11 is 11.7. The lowest BCUT2D eigenvalue weighted by molar-refractivity contribution is 0.207. The molecular weight excluding hydrogens is 338 g/mol. The molecule has 0 aliphatic rings. The van der Waals surface area contributed by atoms with E-state index < -0.39 is 13.2 Å². The number of carbonyl (C=O) groups excluding carboxylic acids is 1. The van der Waals surface area contributed by atoms with Crippen LogP contribution >= 0.6 is 30.8 Å². The fraction of sp³-hybridized carbons (Fsp3) is 0.333.